The van der Waals surface area contributed by atoms with E-state index in [4.69, 9.17) is 0 Å². The molecular weight excluding hydrogens is 232 g/mol. The first-order chi connectivity index (χ1) is 4.79. The zero-order chi connectivity index (χ0) is 7.40. The summed E-state index contributed by atoms with van der Waals surface area (Å²) in [7, 11) is 0. The first kappa shape index (κ1) is 15.1. The Bertz CT molecular complexity index is 166. The molecular formula is C8H13Cl2NV. The molecule has 1 aliphatic rings. The summed E-state index contributed by atoms with van der Waals surface area (Å²) in [6, 6.07) is 0.640. The Balaban J connectivity index is 0. The van der Waals surface area contributed by atoms with E-state index >= 15 is 0 Å². The zero-order valence-corrected chi connectivity index (χ0v) is 10.1. The molecule has 1 aliphatic carbocycles. The fourth-order valence-electron chi connectivity index (χ4n) is 0.731. The van der Waals surface area contributed by atoms with E-state index in [2.05, 4.69) is 36.2 Å². The van der Waals surface area contributed by atoms with Gasteiger partial charge in [0.25, 0.3) is 0 Å². The van der Waals surface area contributed by atoms with E-state index in [1.54, 1.807) is 4.28 Å². The molecule has 0 aromatic carbocycles. The molecule has 0 saturated carbocycles. The molecule has 1 N–H and O–H groups in total. The molecule has 0 atom stereocenters. The van der Waals surface area contributed by atoms with Gasteiger partial charge in [-0.3, -0.25) is 0 Å². The van der Waals surface area contributed by atoms with Gasteiger partial charge in [0.05, 0.1) is 0 Å². The smallest absolute Gasteiger partial charge is 1.00 e. The Kier molecular flexibility index (Phi) is 10.3. The van der Waals surface area contributed by atoms with Crippen molar-refractivity contribution in [2.24, 2.45) is 0 Å². The number of allylic oxidation sites excluding steroid dienone is 4. The van der Waals surface area contributed by atoms with E-state index in [0.29, 0.717) is 6.04 Å². The largest absolute Gasteiger partial charge is 1.00 e. The van der Waals surface area contributed by atoms with Crippen molar-refractivity contribution in [2.75, 3.05) is 0 Å². The molecule has 0 unspecified atom stereocenters. The van der Waals surface area contributed by atoms with Crippen molar-refractivity contribution >= 4 is 0 Å². The van der Waals surface area contributed by atoms with Crippen LogP contribution in [0.25, 0.3) is 0 Å². The summed E-state index contributed by atoms with van der Waals surface area (Å²) >= 11 is 0.265. The van der Waals surface area contributed by atoms with Crippen molar-refractivity contribution in [1.82, 2.24) is 4.17 Å². The Labute approximate surface area is 94.2 Å². The van der Waals surface area contributed by atoms with E-state index in [9.17, 15) is 0 Å². The molecule has 69 valence electrons. The van der Waals surface area contributed by atoms with Gasteiger partial charge in [0.1, 0.15) is 0 Å². The van der Waals surface area contributed by atoms with Crippen molar-refractivity contribution in [3.05, 3.63) is 22.5 Å². The molecule has 0 saturated heterocycles. The third-order valence-electron chi connectivity index (χ3n) is 1.22. The number of halogens is 2. The second-order valence-electron chi connectivity index (χ2n) is 2.69. The maximum absolute atomic E-state index is 3.47. The van der Waals surface area contributed by atoms with Gasteiger partial charge in [-0.2, -0.15) is 0 Å². The van der Waals surface area contributed by atoms with Gasteiger partial charge in [0.15, 0.2) is 0 Å². The van der Waals surface area contributed by atoms with Gasteiger partial charge in [-0.1, -0.05) is 0 Å². The molecule has 0 aliphatic heterocycles. The van der Waals surface area contributed by atoms with E-state index in [1.165, 1.54) is 6.42 Å². The molecule has 0 fully saturated rings. The van der Waals surface area contributed by atoms with Crippen LogP contribution in [0.5, 0.6) is 0 Å². The van der Waals surface area contributed by atoms with E-state index < -0.39 is 0 Å². The number of rotatable bonds is 3. The third kappa shape index (κ3) is 6.16. The quantitative estimate of drug-likeness (QED) is 0.532. The van der Waals surface area contributed by atoms with Crippen LogP contribution in [0.3, 0.4) is 0 Å². The van der Waals surface area contributed by atoms with Crippen molar-refractivity contribution in [3.8, 4) is 0 Å². The van der Waals surface area contributed by atoms with Gasteiger partial charge in [-0.05, 0) is 0 Å². The van der Waals surface area contributed by atoms with Gasteiger partial charge in [0, 0.05) is 0 Å². The third-order valence-corrected chi connectivity index (χ3v) is 3.19. The van der Waals surface area contributed by atoms with Crippen molar-refractivity contribution in [3.63, 3.8) is 0 Å². The topological polar surface area (TPSA) is 12.0 Å². The van der Waals surface area contributed by atoms with Crippen LogP contribution in [0.2, 0.25) is 0 Å². The van der Waals surface area contributed by atoms with Crippen LogP contribution in [0.15, 0.2) is 22.5 Å². The SMILES string of the molecule is CC(C)[NH][V+2][C]1=CC=CC1.[Cl-].[Cl-]. The number of hydrogen-bond donors (Lipinski definition) is 1. The summed E-state index contributed by atoms with van der Waals surface area (Å²) in [5.41, 5.74) is 0. The predicted octanol–water partition coefficient (Wildman–Crippen LogP) is -4.17. The Morgan fingerprint density at radius 1 is 1.42 bits per heavy atom. The fraction of sp³-hybridized carbons (Fsp3) is 0.500. The monoisotopic (exact) mass is 244 g/mol. The zero-order valence-electron chi connectivity index (χ0n) is 7.22. The maximum Gasteiger partial charge on any atom is -1.00 e. The van der Waals surface area contributed by atoms with Gasteiger partial charge in [-0.25, -0.2) is 0 Å². The number of hydrogen-bond acceptors (Lipinski definition) is 1. The summed E-state index contributed by atoms with van der Waals surface area (Å²) in [6.45, 7) is 4.39. The first-order valence-corrected chi connectivity index (χ1v) is 5.00. The summed E-state index contributed by atoms with van der Waals surface area (Å²) in [4.78, 5) is 0. The van der Waals surface area contributed by atoms with Crippen LogP contribution in [-0.4, -0.2) is 6.04 Å². The second kappa shape index (κ2) is 8.21. The van der Waals surface area contributed by atoms with Gasteiger partial charge in [-0.15, -0.1) is 0 Å². The summed E-state index contributed by atoms with van der Waals surface area (Å²) in [5.74, 6) is 0. The Morgan fingerprint density at radius 3 is 2.50 bits per heavy atom. The molecule has 0 spiro atoms. The molecule has 1 nitrogen and oxygen atoms in total. The molecule has 0 bridgehead atoms. The molecule has 0 heterocycles. The number of nitrogens with one attached hydrogen (secondary N) is 1. The summed E-state index contributed by atoms with van der Waals surface area (Å²) < 4.78 is 5.06. The molecule has 4 heteroatoms. The molecule has 1 rings (SSSR count). The average Bonchev–Trinajstić information content (AvgIpc) is 2.34. The van der Waals surface area contributed by atoms with Crippen LogP contribution in [0, 0.1) is 0 Å². The summed E-state index contributed by atoms with van der Waals surface area (Å²) in [6.07, 6.45) is 7.77. The minimum Gasteiger partial charge on any atom is -1.00 e. The van der Waals surface area contributed by atoms with Crippen molar-refractivity contribution < 1.29 is 41.3 Å². The minimum atomic E-state index is 0. The van der Waals surface area contributed by atoms with Crippen molar-refractivity contribution in [1.29, 1.82) is 0 Å². The van der Waals surface area contributed by atoms with Crippen molar-refractivity contribution in [2.45, 2.75) is 26.3 Å². The Morgan fingerprint density at radius 2 is 2.08 bits per heavy atom. The van der Waals surface area contributed by atoms with Crippen LogP contribution in [0.1, 0.15) is 20.3 Å². The predicted molar refractivity (Wildman–Crippen MR) is 40.1 cm³/mol. The van der Waals surface area contributed by atoms with Gasteiger partial charge >= 0.3 is 69.5 Å². The van der Waals surface area contributed by atoms with Gasteiger partial charge in [0.2, 0.25) is 0 Å². The standard InChI is InChI=1S/C5H5.C3H8N.2ClH.V/c1-2-4-5-3-1;1-3(2)4;;;/h1-3H,4H2;3-4H,1-2H3;2*1H;/q;-1;;;+3/p-2. The van der Waals surface area contributed by atoms with Crippen LogP contribution in [0.4, 0.5) is 0 Å². The van der Waals surface area contributed by atoms with Crippen LogP contribution >= 0.6 is 0 Å². The minimum absolute atomic E-state index is 0. The summed E-state index contributed by atoms with van der Waals surface area (Å²) in [5, 5.41) is 0. The van der Waals surface area contributed by atoms with E-state index in [-0.39, 0.29) is 41.3 Å². The van der Waals surface area contributed by atoms with Crippen LogP contribution in [-0.2, 0) is 16.5 Å². The molecule has 0 amide bonds. The normalized spacial score (nSPS) is 13.1. The molecule has 12 heavy (non-hydrogen) atoms. The van der Waals surface area contributed by atoms with E-state index in [0.717, 1.165) is 0 Å². The Hall–Kier alpha value is 0.604. The molecule has 0 aromatic rings. The fourth-order valence-corrected chi connectivity index (χ4v) is 1.95. The first-order valence-electron chi connectivity index (χ1n) is 3.61. The van der Waals surface area contributed by atoms with E-state index in [1.807, 2.05) is 0 Å². The second-order valence-corrected chi connectivity index (χ2v) is 4.34. The molecule has 0 radical (unpaired) electrons. The maximum atomic E-state index is 3.47. The molecule has 0 aromatic heterocycles. The van der Waals surface area contributed by atoms with Crippen LogP contribution < -0.4 is 29.0 Å². The average molecular weight is 245 g/mol. The van der Waals surface area contributed by atoms with Gasteiger partial charge < -0.3 is 24.8 Å².